The van der Waals surface area contributed by atoms with Gasteiger partial charge in [0.2, 0.25) is 0 Å². The summed E-state index contributed by atoms with van der Waals surface area (Å²) < 4.78 is 13.5. The number of hydrogen-bond acceptors (Lipinski definition) is 7. The van der Waals surface area contributed by atoms with E-state index in [0.29, 0.717) is 34.6 Å². The molecule has 2 bridgehead atoms. The van der Waals surface area contributed by atoms with E-state index < -0.39 is 6.29 Å². The van der Waals surface area contributed by atoms with Crippen molar-refractivity contribution in [3.63, 3.8) is 0 Å². The number of aliphatic hydroxyl groups is 1. The molecule has 3 heterocycles. The van der Waals surface area contributed by atoms with Crippen LogP contribution in [0.25, 0.3) is 11.0 Å². The number of para-hydroxylation sites is 2. The van der Waals surface area contributed by atoms with E-state index in [9.17, 15) is 9.90 Å². The SMILES string of the molecule is CC1C(CN2CC3(C)CC2CC(C)(C)C3)OC(c2ccc(CNC(=O)c3cnc4ccccc4n3)cc2)OC1c1ccc(CO)cc1. The molecule has 0 radical (unpaired) electrons. The van der Waals surface area contributed by atoms with Crippen molar-refractivity contribution in [3.8, 4) is 0 Å². The summed E-state index contributed by atoms with van der Waals surface area (Å²) in [4.78, 5) is 24.4. The number of carbonyl (C=O) groups excluding carboxylic acids is 1. The summed E-state index contributed by atoms with van der Waals surface area (Å²) in [5.41, 5.74) is 6.35. The Bertz CT molecular complexity index is 1730. The van der Waals surface area contributed by atoms with Gasteiger partial charge in [-0.15, -0.1) is 0 Å². The predicted octanol–water partition coefficient (Wildman–Crippen LogP) is 6.74. The van der Waals surface area contributed by atoms with Crippen molar-refractivity contribution in [2.24, 2.45) is 16.7 Å². The van der Waals surface area contributed by atoms with Gasteiger partial charge in [-0.3, -0.25) is 14.7 Å². The van der Waals surface area contributed by atoms with Crippen molar-refractivity contribution in [1.29, 1.82) is 0 Å². The van der Waals surface area contributed by atoms with Gasteiger partial charge >= 0.3 is 0 Å². The highest BCUT2D eigenvalue weighted by molar-refractivity contribution is 5.93. The summed E-state index contributed by atoms with van der Waals surface area (Å²) in [6.45, 7) is 11.9. The molecule has 6 unspecified atom stereocenters. The van der Waals surface area contributed by atoms with Crippen LogP contribution in [0.1, 0.15) is 92.1 Å². The van der Waals surface area contributed by atoms with E-state index in [2.05, 4.69) is 60.0 Å². The number of ether oxygens (including phenoxy) is 2. The number of aliphatic hydroxyl groups excluding tert-OH is 1. The van der Waals surface area contributed by atoms with Crippen molar-refractivity contribution >= 4 is 16.9 Å². The molecule has 8 heteroatoms. The van der Waals surface area contributed by atoms with Crippen LogP contribution in [0.5, 0.6) is 0 Å². The highest BCUT2D eigenvalue weighted by Crippen LogP contribution is 2.53. The van der Waals surface area contributed by atoms with Gasteiger partial charge in [0.15, 0.2) is 6.29 Å². The van der Waals surface area contributed by atoms with Crippen molar-refractivity contribution in [2.75, 3.05) is 13.1 Å². The molecular weight excluding hydrogens is 588 g/mol. The summed E-state index contributed by atoms with van der Waals surface area (Å²) in [7, 11) is 0. The Kier molecular flexibility index (Phi) is 8.64. The van der Waals surface area contributed by atoms with Gasteiger partial charge in [0.1, 0.15) is 5.69 Å². The predicted molar refractivity (Wildman–Crippen MR) is 181 cm³/mol. The minimum Gasteiger partial charge on any atom is -0.392 e. The van der Waals surface area contributed by atoms with Crippen LogP contribution in [-0.2, 0) is 22.6 Å². The lowest BCUT2D eigenvalue weighted by Gasteiger charge is -2.43. The fourth-order valence-electron chi connectivity index (χ4n) is 8.48. The van der Waals surface area contributed by atoms with E-state index >= 15 is 0 Å². The van der Waals surface area contributed by atoms with Crippen LogP contribution < -0.4 is 5.32 Å². The number of amides is 1. The number of likely N-dealkylation sites (tertiary alicyclic amines) is 1. The minimum atomic E-state index is -0.524. The van der Waals surface area contributed by atoms with Crippen molar-refractivity contribution in [2.45, 2.75) is 84.6 Å². The molecule has 2 aliphatic heterocycles. The van der Waals surface area contributed by atoms with E-state index in [-0.39, 0.29) is 30.6 Å². The minimum absolute atomic E-state index is 0.00985. The lowest BCUT2D eigenvalue weighted by atomic mass is 9.65. The first-order valence-corrected chi connectivity index (χ1v) is 16.9. The maximum Gasteiger partial charge on any atom is 0.271 e. The lowest BCUT2D eigenvalue weighted by Crippen LogP contribution is -2.46. The summed E-state index contributed by atoms with van der Waals surface area (Å²) in [5.74, 6) is -0.123. The van der Waals surface area contributed by atoms with Crippen molar-refractivity contribution in [1.82, 2.24) is 20.2 Å². The Morgan fingerprint density at radius 1 is 0.936 bits per heavy atom. The first-order valence-electron chi connectivity index (χ1n) is 16.9. The highest BCUT2D eigenvalue weighted by atomic mass is 16.7. The molecule has 1 aromatic heterocycles. The Morgan fingerprint density at radius 3 is 2.38 bits per heavy atom. The Balaban J connectivity index is 1.07. The maximum atomic E-state index is 12.8. The molecule has 7 rings (SSSR count). The van der Waals surface area contributed by atoms with Gasteiger partial charge in [-0.05, 0) is 58.9 Å². The average molecular weight is 635 g/mol. The van der Waals surface area contributed by atoms with Crippen LogP contribution in [0.2, 0.25) is 0 Å². The number of benzene rings is 3. The Labute approximate surface area is 277 Å². The third-order valence-corrected chi connectivity index (χ3v) is 10.4. The maximum absolute atomic E-state index is 12.8. The molecule has 47 heavy (non-hydrogen) atoms. The summed E-state index contributed by atoms with van der Waals surface area (Å²) in [5, 5.41) is 12.6. The van der Waals surface area contributed by atoms with Crippen molar-refractivity contribution in [3.05, 3.63) is 107 Å². The number of carbonyl (C=O) groups is 1. The molecular formula is C39H46N4O4. The fraction of sp³-hybridized carbons (Fsp3) is 0.462. The molecule has 246 valence electrons. The standard InChI is InChI=1S/C39H46N4O4/c1-25-34(21-43-24-39(4)18-30(43)17-38(2,3)23-39)46-37(47-35(25)28-13-11-27(22-44)12-14-28)29-15-9-26(10-16-29)19-41-36(45)33-20-40-31-7-5-6-8-32(31)42-33/h5-16,20,25,30,34-35,37,44H,17-19,21-24H2,1-4H3,(H,41,45). The molecule has 2 saturated heterocycles. The molecule has 3 aliphatic rings. The van der Waals surface area contributed by atoms with E-state index in [1.165, 1.54) is 25.5 Å². The molecule has 2 N–H and O–H groups in total. The molecule has 3 aromatic carbocycles. The van der Waals surface area contributed by atoms with Gasteiger partial charge in [0.05, 0.1) is 36.0 Å². The molecule has 1 aliphatic carbocycles. The zero-order chi connectivity index (χ0) is 32.8. The molecule has 0 spiro atoms. The van der Waals surface area contributed by atoms with Gasteiger partial charge in [-0.1, -0.05) is 88.4 Å². The van der Waals surface area contributed by atoms with Gasteiger partial charge in [-0.2, -0.15) is 0 Å². The second-order valence-corrected chi connectivity index (χ2v) is 15.1. The van der Waals surface area contributed by atoms with Crippen molar-refractivity contribution < 1.29 is 19.4 Å². The van der Waals surface area contributed by atoms with Gasteiger partial charge < -0.3 is 19.9 Å². The third kappa shape index (κ3) is 6.83. The number of aromatic nitrogens is 2. The van der Waals surface area contributed by atoms with Crippen LogP contribution in [0.3, 0.4) is 0 Å². The van der Waals surface area contributed by atoms with E-state index in [1.807, 2.05) is 60.7 Å². The number of rotatable bonds is 8. The molecule has 1 amide bonds. The first kappa shape index (κ1) is 31.9. The third-order valence-electron chi connectivity index (χ3n) is 10.4. The van der Waals surface area contributed by atoms with Gasteiger partial charge in [0, 0.05) is 37.2 Å². The Hall–Kier alpha value is -3.69. The summed E-state index contributed by atoms with van der Waals surface area (Å²) in [6.07, 6.45) is 4.58. The quantitative estimate of drug-likeness (QED) is 0.222. The van der Waals surface area contributed by atoms with Crippen LogP contribution in [0.15, 0.2) is 79.0 Å². The van der Waals surface area contributed by atoms with Crippen LogP contribution in [0, 0.1) is 16.7 Å². The first-order chi connectivity index (χ1) is 22.6. The number of fused-ring (bicyclic) bond motifs is 3. The second kappa shape index (κ2) is 12.7. The number of hydrogen-bond donors (Lipinski definition) is 2. The monoisotopic (exact) mass is 634 g/mol. The number of nitrogens with zero attached hydrogens (tertiary/aromatic N) is 3. The summed E-state index contributed by atoms with van der Waals surface area (Å²) >= 11 is 0. The summed E-state index contributed by atoms with van der Waals surface area (Å²) in [6, 6.07) is 24.3. The molecule has 3 fully saturated rings. The van der Waals surface area contributed by atoms with E-state index in [4.69, 9.17) is 9.47 Å². The Morgan fingerprint density at radius 2 is 1.64 bits per heavy atom. The second-order valence-electron chi connectivity index (χ2n) is 15.1. The largest absolute Gasteiger partial charge is 0.392 e. The van der Waals surface area contributed by atoms with Gasteiger partial charge in [-0.25, -0.2) is 4.98 Å². The smallest absolute Gasteiger partial charge is 0.271 e. The number of nitrogens with one attached hydrogen (secondary N) is 1. The zero-order valence-electron chi connectivity index (χ0n) is 27.9. The molecule has 4 aromatic rings. The highest BCUT2D eigenvalue weighted by Gasteiger charge is 2.51. The lowest BCUT2D eigenvalue weighted by molar-refractivity contribution is -0.276. The topological polar surface area (TPSA) is 96.8 Å². The average Bonchev–Trinajstić information content (AvgIpc) is 3.31. The molecule has 6 atom stereocenters. The fourth-order valence-corrected chi connectivity index (χ4v) is 8.48. The van der Waals surface area contributed by atoms with E-state index in [0.717, 1.165) is 40.9 Å². The molecule has 1 saturated carbocycles. The van der Waals surface area contributed by atoms with Crippen LogP contribution >= 0.6 is 0 Å². The zero-order valence-corrected chi connectivity index (χ0v) is 27.9. The normalized spacial score (nSPS) is 28.7. The van der Waals surface area contributed by atoms with Crippen LogP contribution in [-0.4, -0.2) is 51.1 Å². The molecule has 8 nitrogen and oxygen atoms in total. The van der Waals surface area contributed by atoms with Crippen LogP contribution in [0.4, 0.5) is 0 Å². The van der Waals surface area contributed by atoms with Gasteiger partial charge in [0.25, 0.3) is 5.91 Å². The van der Waals surface area contributed by atoms with E-state index in [1.54, 1.807) is 0 Å².